The summed E-state index contributed by atoms with van der Waals surface area (Å²) in [7, 11) is 1.62. The van der Waals surface area contributed by atoms with E-state index in [1.165, 1.54) is 0 Å². The monoisotopic (exact) mass is 174 g/mol. The smallest absolute Gasteiger partial charge is 0.112 e. The van der Waals surface area contributed by atoms with Crippen molar-refractivity contribution in [1.29, 1.82) is 0 Å². The summed E-state index contributed by atoms with van der Waals surface area (Å²) < 4.78 is 10.8. The quantitative estimate of drug-likeness (QED) is 0.673. The van der Waals surface area contributed by atoms with Crippen LogP contribution in [0.5, 0.6) is 0 Å². The van der Waals surface area contributed by atoms with Gasteiger partial charge in [-0.25, -0.2) is 0 Å². The SMILES string of the molecule is COC1C(O)C(C)OC1C(C)C. The van der Waals surface area contributed by atoms with Gasteiger partial charge in [-0.3, -0.25) is 0 Å². The van der Waals surface area contributed by atoms with E-state index in [4.69, 9.17) is 9.47 Å². The Morgan fingerprint density at radius 2 is 2.00 bits per heavy atom. The van der Waals surface area contributed by atoms with Gasteiger partial charge in [0.2, 0.25) is 0 Å². The van der Waals surface area contributed by atoms with Crippen molar-refractivity contribution in [2.24, 2.45) is 5.92 Å². The minimum atomic E-state index is -0.484. The zero-order valence-electron chi connectivity index (χ0n) is 8.15. The summed E-state index contributed by atoms with van der Waals surface area (Å²) in [5.41, 5.74) is 0. The summed E-state index contributed by atoms with van der Waals surface area (Å²) in [6, 6.07) is 0. The van der Waals surface area contributed by atoms with Crippen LogP contribution < -0.4 is 0 Å². The summed E-state index contributed by atoms with van der Waals surface area (Å²) in [5.74, 6) is 0.384. The minimum Gasteiger partial charge on any atom is -0.388 e. The molecule has 1 N–H and O–H groups in total. The second-order valence-corrected chi connectivity index (χ2v) is 3.74. The molecule has 3 heteroatoms. The van der Waals surface area contributed by atoms with Crippen LogP contribution in [0.1, 0.15) is 20.8 Å². The van der Waals surface area contributed by atoms with Crippen LogP contribution in [0.2, 0.25) is 0 Å². The second-order valence-electron chi connectivity index (χ2n) is 3.74. The molecule has 0 aromatic rings. The lowest BCUT2D eigenvalue weighted by molar-refractivity contribution is -0.0308. The fourth-order valence-corrected chi connectivity index (χ4v) is 1.68. The highest BCUT2D eigenvalue weighted by Gasteiger charge is 2.42. The van der Waals surface area contributed by atoms with E-state index in [0.29, 0.717) is 5.92 Å². The molecule has 3 nitrogen and oxygen atoms in total. The van der Waals surface area contributed by atoms with Crippen molar-refractivity contribution in [2.75, 3.05) is 7.11 Å². The predicted molar refractivity (Wildman–Crippen MR) is 46.0 cm³/mol. The lowest BCUT2D eigenvalue weighted by atomic mass is 9.99. The molecule has 0 aromatic heterocycles. The van der Waals surface area contributed by atoms with Gasteiger partial charge in [0.05, 0.1) is 12.2 Å². The number of methoxy groups -OCH3 is 1. The van der Waals surface area contributed by atoms with Gasteiger partial charge in [-0.2, -0.15) is 0 Å². The standard InChI is InChI=1S/C9H18O3/c1-5(2)8-9(11-4)7(10)6(3)12-8/h5-10H,1-4H3. The number of hydrogen-bond donors (Lipinski definition) is 1. The van der Waals surface area contributed by atoms with E-state index in [1.807, 2.05) is 6.92 Å². The summed E-state index contributed by atoms with van der Waals surface area (Å²) in [4.78, 5) is 0. The molecule has 1 fully saturated rings. The molecule has 0 aliphatic carbocycles. The molecule has 0 bridgehead atoms. The topological polar surface area (TPSA) is 38.7 Å². The minimum absolute atomic E-state index is 0.0278. The fraction of sp³-hybridized carbons (Fsp3) is 1.00. The number of hydrogen-bond acceptors (Lipinski definition) is 3. The molecule has 1 saturated heterocycles. The summed E-state index contributed by atoms with van der Waals surface area (Å²) in [6.07, 6.45) is -0.732. The maximum absolute atomic E-state index is 9.63. The van der Waals surface area contributed by atoms with Gasteiger partial charge < -0.3 is 14.6 Å². The third-order valence-corrected chi connectivity index (χ3v) is 2.44. The maximum Gasteiger partial charge on any atom is 0.112 e. The van der Waals surface area contributed by atoms with Crippen LogP contribution in [0.15, 0.2) is 0 Å². The molecule has 0 radical (unpaired) electrons. The van der Waals surface area contributed by atoms with E-state index < -0.39 is 6.10 Å². The highest BCUT2D eigenvalue weighted by Crippen LogP contribution is 2.27. The van der Waals surface area contributed by atoms with E-state index >= 15 is 0 Å². The van der Waals surface area contributed by atoms with Crippen LogP contribution in [0.25, 0.3) is 0 Å². The molecule has 12 heavy (non-hydrogen) atoms. The zero-order valence-corrected chi connectivity index (χ0v) is 8.15. The van der Waals surface area contributed by atoms with Crippen LogP contribution in [-0.2, 0) is 9.47 Å². The molecule has 4 unspecified atom stereocenters. The van der Waals surface area contributed by atoms with Crippen LogP contribution in [0, 0.1) is 5.92 Å². The molecule has 4 atom stereocenters. The average Bonchev–Trinajstić information content (AvgIpc) is 2.29. The van der Waals surface area contributed by atoms with Crippen molar-refractivity contribution in [3.05, 3.63) is 0 Å². The Morgan fingerprint density at radius 3 is 2.33 bits per heavy atom. The Kier molecular flexibility index (Phi) is 3.09. The number of aliphatic hydroxyl groups is 1. The number of ether oxygens (including phenoxy) is 2. The molecular weight excluding hydrogens is 156 g/mol. The third-order valence-electron chi connectivity index (χ3n) is 2.44. The fourth-order valence-electron chi connectivity index (χ4n) is 1.68. The first-order valence-electron chi connectivity index (χ1n) is 4.44. The summed E-state index contributed by atoms with van der Waals surface area (Å²) in [5, 5.41) is 9.63. The third kappa shape index (κ3) is 1.63. The van der Waals surface area contributed by atoms with Gasteiger partial charge in [-0.05, 0) is 12.8 Å². The molecule has 1 aliphatic rings. The van der Waals surface area contributed by atoms with E-state index in [9.17, 15) is 5.11 Å². The Morgan fingerprint density at radius 1 is 1.42 bits per heavy atom. The van der Waals surface area contributed by atoms with Crippen molar-refractivity contribution in [3.8, 4) is 0 Å². The first kappa shape index (κ1) is 9.96. The van der Waals surface area contributed by atoms with Gasteiger partial charge in [0.25, 0.3) is 0 Å². The van der Waals surface area contributed by atoms with Crippen molar-refractivity contribution in [3.63, 3.8) is 0 Å². The molecule has 0 aromatic carbocycles. The highest BCUT2D eigenvalue weighted by atomic mass is 16.6. The largest absolute Gasteiger partial charge is 0.388 e. The molecule has 1 rings (SSSR count). The maximum atomic E-state index is 9.63. The van der Waals surface area contributed by atoms with Crippen LogP contribution in [0.3, 0.4) is 0 Å². The predicted octanol–water partition coefficient (Wildman–Crippen LogP) is 0.806. The lowest BCUT2D eigenvalue weighted by Gasteiger charge is -2.21. The molecule has 0 spiro atoms. The van der Waals surface area contributed by atoms with E-state index in [0.717, 1.165) is 0 Å². The Hall–Kier alpha value is -0.120. The molecule has 0 amide bonds. The van der Waals surface area contributed by atoms with Crippen LogP contribution in [0.4, 0.5) is 0 Å². The number of rotatable bonds is 2. The first-order chi connectivity index (χ1) is 5.57. The normalized spacial score (nSPS) is 42.5. The molecule has 1 heterocycles. The molecule has 72 valence electrons. The van der Waals surface area contributed by atoms with Crippen LogP contribution in [-0.4, -0.2) is 36.6 Å². The zero-order chi connectivity index (χ0) is 9.30. The molecule has 0 saturated carbocycles. The van der Waals surface area contributed by atoms with E-state index in [2.05, 4.69) is 13.8 Å². The van der Waals surface area contributed by atoms with E-state index in [-0.39, 0.29) is 18.3 Å². The van der Waals surface area contributed by atoms with Crippen molar-refractivity contribution < 1.29 is 14.6 Å². The second kappa shape index (κ2) is 3.73. The van der Waals surface area contributed by atoms with Gasteiger partial charge >= 0.3 is 0 Å². The van der Waals surface area contributed by atoms with Gasteiger partial charge in [-0.1, -0.05) is 13.8 Å². The van der Waals surface area contributed by atoms with Crippen LogP contribution >= 0.6 is 0 Å². The number of aliphatic hydroxyl groups excluding tert-OH is 1. The van der Waals surface area contributed by atoms with Crippen molar-refractivity contribution in [2.45, 2.75) is 45.2 Å². The van der Waals surface area contributed by atoms with Crippen molar-refractivity contribution >= 4 is 0 Å². The Labute approximate surface area is 73.7 Å². The van der Waals surface area contributed by atoms with E-state index in [1.54, 1.807) is 7.11 Å². The van der Waals surface area contributed by atoms with Gasteiger partial charge in [0, 0.05) is 7.11 Å². The van der Waals surface area contributed by atoms with Crippen molar-refractivity contribution in [1.82, 2.24) is 0 Å². The molecular formula is C9H18O3. The summed E-state index contributed by atoms with van der Waals surface area (Å²) in [6.45, 7) is 6.02. The Balaban J connectivity index is 2.65. The molecule has 1 aliphatic heterocycles. The highest BCUT2D eigenvalue weighted by molar-refractivity contribution is 4.90. The average molecular weight is 174 g/mol. The summed E-state index contributed by atoms with van der Waals surface area (Å²) >= 11 is 0. The first-order valence-corrected chi connectivity index (χ1v) is 4.44. The van der Waals surface area contributed by atoms with Gasteiger partial charge in [0.15, 0.2) is 0 Å². The lowest BCUT2D eigenvalue weighted by Crippen LogP contribution is -2.35. The van der Waals surface area contributed by atoms with Gasteiger partial charge in [0.1, 0.15) is 12.2 Å². The van der Waals surface area contributed by atoms with Gasteiger partial charge in [-0.15, -0.1) is 0 Å². The Bertz CT molecular complexity index is 147.